The van der Waals surface area contributed by atoms with E-state index in [9.17, 15) is 4.79 Å². The summed E-state index contributed by atoms with van der Waals surface area (Å²) in [7, 11) is 0. The fraction of sp³-hybridized carbons (Fsp3) is 0.588. The van der Waals surface area contributed by atoms with Gasteiger partial charge in [0.2, 0.25) is 5.91 Å². The Bertz CT molecular complexity index is 410. The maximum absolute atomic E-state index is 11.8. The third kappa shape index (κ3) is 3.82. The SMILES string of the molecule is CCCCCCc1ccc(N2CC(C)CC2=O)cc1. The highest BCUT2D eigenvalue weighted by molar-refractivity contribution is 5.95. The molecule has 0 N–H and O–H groups in total. The predicted molar refractivity (Wildman–Crippen MR) is 80.4 cm³/mol. The van der Waals surface area contributed by atoms with Crippen LogP contribution in [-0.2, 0) is 11.2 Å². The molecule has 1 aromatic rings. The molecule has 1 saturated heterocycles. The lowest BCUT2D eigenvalue weighted by Gasteiger charge is -2.16. The molecule has 0 aromatic heterocycles. The molecule has 1 unspecified atom stereocenters. The smallest absolute Gasteiger partial charge is 0.227 e. The minimum atomic E-state index is 0.267. The van der Waals surface area contributed by atoms with Gasteiger partial charge >= 0.3 is 0 Å². The zero-order chi connectivity index (χ0) is 13.7. The number of carbonyl (C=O) groups is 1. The zero-order valence-corrected chi connectivity index (χ0v) is 12.2. The van der Waals surface area contributed by atoms with Gasteiger partial charge in [0.1, 0.15) is 0 Å². The Hall–Kier alpha value is -1.31. The highest BCUT2D eigenvalue weighted by atomic mass is 16.2. The standard InChI is InChI=1S/C17H25NO/c1-3-4-5-6-7-15-8-10-16(11-9-15)18-13-14(2)12-17(18)19/h8-11,14H,3-7,12-13H2,1-2H3. The maximum Gasteiger partial charge on any atom is 0.227 e. The number of carbonyl (C=O) groups excluding carboxylic acids is 1. The van der Waals surface area contributed by atoms with E-state index >= 15 is 0 Å². The van der Waals surface area contributed by atoms with Crippen LogP contribution in [0.5, 0.6) is 0 Å². The highest BCUT2D eigenvalue weighted by Gasteiger charge is 2.27. The Morgan fingerprint density at radius 3 is 2.47 bits per heavy atom. The summed E-state index contributed by atoms with van der Waals surface area (Å²) in [6.45, 7) is 5.25. The molecule has 2 heteroatoms. The van der Waals surface area contributed by atoms with Gasteiger partial charge in [0.05, 0.1) is 0 Å². The summed E-state index contributed by atoms with van der Waals surface area (Å²) in [6.07, 6.45) is 7.06. The third-order valence-electron chi connectivity index (χ3n) is 3.89. The number of rotatable bonds is 6. The molecule has 0 aliphatic carbocycles. The van der Waals surface area contributed by atoms with Gasteiger partial charge in [-0.2, -0.15) is 0 Å². The number of hydrogen-bond acceptors (Lipinski definition) is 1. The van der Waals surface area contributed by atoms with E-state index < -0.39 is 0 Å². The van der Waals surface area contributed by atoms with Crippen molar-refractivity contribution in [3.63, 3.8) is 0 Å². The van der Waals surface area contributed by atoms with Crippen molar-refractivity contribution in [3.05, 3.63) is 29.8 Å². The van der Waals surface area contributed by atoms with Gasteiger partial charge in [-0.25, -0.2) is 0 Å². The van der Waals surface area contributed by atoms with Gasteiger partial charge in [0.15, 0.2) is 0 Å². The molecule has 1 fully saturated rings. The van der Waals surface area contributed by atoms with E-state index in [-0.39, 0.29) is 5.91 Å². The molecule has 104 valence electrons. The highest BCUT2D eigenvalue weighted by Crippen LogP contribution is 2.25. The molecule has 1 atom stereocenters. The molecule has 0 saturated carbocycles. The third-order valence-corrected chi connectivity index (χ3v) is 3.89. The Labute approximate surface area is 116 Å². The second-order valence-corrected chi connectivity index (χ2v) is 5.79. The lowest BCUT2D eigenvalue weighted by Crippen LogP contribution is -2.24. The van der Waals surface area contributed by atoms with Crippen molar-refractivity contribution in [2.24, 2.45) is 5.92 Å². The average Bonchev–Trinajstić information content (AvgIpc) is 2.75. The summed E-state index contributed by atoms with van der Waals surface area (Å²) in [4.78, 5) is 13.8. The monoisotopic (exact) mass is 259 g/mol. The van der Waals surface area contributed by atoms with Crippen LogP contribution < -0.4 is 4.90 Å². The summed E-state index contributed by atoms with van der Waals surface area (Å²) in [5, 5.41) is 0. The first-order valence-electron chi connectivity index (χ1n) is 7.60. The number of hydrogen-bond donors (Lipinski definition) is 0. The number of aryl methyl sites for hydroxylation is 1. The number of benzene rings is 1. The molecule has 2 rings (SSSR count). The lowest BCUT2D eigenvalue weighted by molar-refractivity contribution is -0.117. The topological polar surface area (TPSA) is 20.3 Å². The van der Waals surface area contributed by atoms with Crippen LogP contribution in [0.15, 0.2) is 24.3 Å². The molecule has 2 nitrogen and oxygen atoms in total. The minimum absolute atomic E-state index is 0.267. The average molecular weight is 259 g/mol. The first-order valence-corrected chi connectivity index (χ1v) is 7.60. The number of nitrogens with zero attached hydrogens (tertiary/aromatic N) is 1. The van der Waals surface area contributed by atoms with E-state index in [0.29, 0.717) is 12.3 Å². The van der Waals surface area contributed by atoms with Gasteiger partial charge in [-0.05, 0) is 36.5 Å². The quantitative estimate of drug-likeness (QED) is 0.702. The predicted octanol–water partition coefficient (Wildman–Crippen LogP) is 4.18. The van der Waals surface area contributed by atoms with E-state index in [1.807, 2.05) is 4.90 Å². The van der Waals surface area contributed by atoms with Crippen LogP contribution in [0.3, 0.4) is 0 Å². The molecule has 0 radical (unpaired) electrons. The Kier molecular flexibility index (Phi) is 5.00. The van der Waals surface area contributed by atoms with Crippen molar-refractivity contribution >= 4 is 11.6 Å². The first-order chi connectivity index (χ1) is 9.20. The molecule has 0 spiro atoms. The molecule has 1 amide bonds. The van der Waals surface area contributed by atoms with Crippen molar-refractivity contribution in [1.82, 2.24) is 0 Å². The van der Waals surface area contributed by atoms with Gasteiger partial charge in [-0.15, -0.1) is 0 Å². The van der Waals surface area contributed by atoms with Crippen LogP contribution in [0.25, 0.3) is 0 Å². The van der Waals surface area contributed by atoms with E-state index in [1.165, 1.54) is 31.2 Å². The van der Waals surface area contributed by atoms with Gasteiger partial charge < -0.3 is 4.90 Å². The maximum atomic E-state index is 11.8. The van der Waals surface area contributed by atoms with Crippen LogP contribution in [0.2, 0.25) is 0 Å². The summed E-state index contributed by atoms with van der Waals surface area (Å²) in [6, 6.07) is 8.56. The minimum Gasteiger partial charge on any atom is -0.312 e. The zero-order valence-electron chi connectivity index (χ0n) is 12.2. The number of anilines is 1. The Balaban J connectivity index is 1.89. The van der Waals surface area contributed by atoms with Crippen molar-refractivity contribution in [1.29, 1.82) is 0 Å². The Morgan fingerprint density at radius 2 is 1.89 bits per heavy atom. The van der Waals surface area contributed by atoms with Crippen molar-refractivity contribution in [2.75, 3.05) is 11.4 Å². The van der Waals surface area contributed by atoms with Gasteiger partial charge in [-0.3, -0.25) is 4.79 Å². The number of amides is 1. The van der Waals surface area contributed by atoms with Gasteiger partial charge in [0, 0.05) is 18.7 Å². The normalized spacial score (nSPS) is 19.2. The molecule has 1 aromatic carbocycles. The van der Waals surface area contributed by atoms with Crippen LogP contribution in [0, 0.1) is 5.92 Å². The van der Waals surface area contributed by atoms with Gasteiger partial charge in [-0.1, -0.05) is 45.2 Å². The molecular formula is C17H25NO. The lowest BCUT2D eigenvalue weighted by atomic mass is 10.1. The summed E-state index contributed by atoms with van der Waals surface area (Å²) in [5.74, 6) is 0.754. The molecule has 19 heavy (non-hydrogen) atoms. The largest absolute Gasteiger partial charge is 0.312 e. The second-order valence-electron chi connectivity index (χ2n) is 5.79. The van der Waals surface area contributed by atoms with Crippen molar-refractivity contribution in [3.8, 4) is 0 Å². The molecular weight excluding hydrogens is 234 g/mol. The second kappa shape index (κ2) is 6.74. The molecule has 1 aliphatic heterocycles. The van der Waals surface area contributed by atoms with Crippen LogP contribution in [-0.4, -0.2) is 12.5 Å². The fourth-order valence-corrected chi connectivity index (χ4v) is 2.73. The van der Waals surface area contributed by atoms with E-state index in [0.717, 1.165) is 18.7 Å². The van der Waals surface area contributed by atoms with Crippen LogP contribution in [0.4, 0.5) is 5.69 Å². The van der Waals surface area contributed by atoms with Crippen LogP contribution in [0.1, 0.15) is 51.5 Å². The summed E-state index contributed by atoms with van der Waals surface area (Å²) < 4.78 is 0. The van der Waals surface area contributed by atoms with E-state index in [2.05, 4.69) is 38.1 Å². The van der Waals surface area contributed by atoms with Crippen LogP contribution >= 0.6 is 0 Å². The van der Waals surface area contributed by atoms with E-state index in [4.69, 9.17) is 0 Å². The molecule has 0 bridgehead atoms. The molecule has 1 aliphatic rings. The van der Waals surface area contributed by atoms with Gasteiger partial charge in [0.25, 0.3) is 0 Å². The first kappa shape index (κ1) is 14.1. The summed E-state index contributed by atoms with van der Waals surface area (Å²) >= 11 is 0. The van der Waals surface area contributed by atoms with Crippen molar-refractivity contribution in [2.45, 2.75) is 52.4 Å². The van der Waals surface area contributed by atoms with Crippen molar-refractivity contribution < 1.29 is 4.79 Å². The fourth-order valence-electron chi connectivity index (χ4n) is 2.73. The summed E-state index contributed by atoms with van der Waals surface area (Å²) in [5.41, 5.74) is 2.45. The van der Waals surface area contributed by atoms with E-state index in [1.54, 1.807) is 0 Å². The molecule has 1 heterocycles. The number of unbranched alkanes of at least 4 members (excludes halogenated alkanes) is 3. The Morgan fingerprint density at radius 1 is 1.16 bits per heavy atom.